The molecule has 0 unspecified atom stereocenters. The molecule has 0 heterocycles. The van der Waals surface area contributed by atoms with Gasteiger partial charge in [0.1, 0.15) is 35.5 Å². The zero-order valence-corrected chi connectivity index (χ0v) is 32.1. The molecule has 0 bridgehead atoms. The van der Waals surface area contributed by atoms with Crippen LogP contribution in [-0.2, 0) is 14.9 Å². The van der Waals surface area contributed by atoms with Gasteiger partial charge in [0.2, 0.25) is 16.6 Å². The van der Waals surface area contributed by atoms with Crippen molar-refractivity contribution in [1.82, 2.24) is 0 Å². The molecule has 0 radical (unpaired) electrons. The van der Waals surface area contributed by atoms with Gasteiger partial charge in [0, 0.05) is 10.8 Å². The van der Waals surface area contributed by atoms with Gasteiger partial charge in [0.15, 0.2) is 0 Å². The van der Waals surface area contributed by atoms with E-state index in [0.717, 1.165) is 23.0 Å². The number of rotatable bonds is 16. The second-order valence-corrected chi connectivity index (χ2v) is 22.8. The van der Waals surface area contributed by atoms with E-state index in [0.29, 0.717) is 25.7 Å². The smallest absolute Gasteiger partial charge is 0.213 e. The van der Waals surface area contributed by atoms with Crippen molar-refractivity contribution in [2.24, 2.45) is 0 Å². The normalized spacial score (nSPS) is 12.5. The lowest BCUT2D eigenvalue weighted by atomic mass is 9.78. The first-order valence-electron chi connectivity index (χ1n) is 16.8. The van der Waals surface area contributed by atoms with E-state index in [2.05, 4.69) is 127 Å². The highest BCUT2D eigenvalue weighted by atomic mass is 28.4. The molecular weight excluding hydrogens is 617 g/mol. The summed E-state index contributed by atoms with van der Waals surface area (Å²) in [6, 6.07) is 33.7. The maximum atomic E-state index is 6.80. The molecule has 4 rings (SSSR count). The Morgan fingerprint density at radius 2 is 0.638 bits per heavy atom. The minimum absolute atomic E-state index is 0.136. The molecule has 0 saturated heterocycles. The number of ether oxygens (including phenoxy) is 4. The molecule has 0 N–H and O–H groups in total. The van der Waals surface area contributed by atoms with Crippen molar-refractivity contribution >= 4 is 16.6 Å². The molecule has 4 aromatic rings. The summed E-state index contributed by atoms with van der Waals surface area (Å²) in [5.41, 5.74) is 4.69. The summed E-state index contributed by atoms with van der Waals surface area (Å²) in [6.07, 6.45) is 1.17. The van der Waals surface area contributed by atoms with Crippen LogP contribution in [0.25, 0.3) is 0 Å². The molecule has 0 amide bonds. The molecule has 0 aliphatic rings. The standard InChI is InChI=1S/C40H54O5Si2/c1-11-41-35-21-13-31(14-22-35)39(3,4)33-17-25-37(26-18-33)43-29-46(7,8)45-47(9,10)30-44-38-27-19-34(20-28-38)40(5,6)32-15-23-36(24-16-32)42-12-2/h13-28H,11-12,29-30H2,1-10H3. The lowest BCUT2D eigenvalue weighted by molar-refractivity contribution is 0.329. The van der Waals surface area contributed by atoms with E-state index in [4.69, 9.17) is 23.1 Å². The van der Waals surface area contributed by atoms with Crippen molar-refractivity contribution in [3.63, 3.8) is 0 Å². The third kappa shape index (κ3) is 9.75. The van der Waals surface area contributed by atoms with Gasteiger partial charge in [-0.25, -0.2) is 0 Å². The maximum absolute atomic E-state index is 6.80. The Balaban J connectivity index is 1.29. The third-order valence-electron chi connectivity index (χ3n) is 8.65. The van der Waals surface area contributed by atoms with E-state index in [-0.39, 0.29) is 10.8 Å². The van der Waals surface area contributed by atoms with E-state index in [9.17, 15) is 0 Å². The summed E-state index contributed by atoms with van der Waals surface area (Å²) < 4.78 is 30.6. The molecule has 0 saturated carbocycles. The van der Waals surface area contributed by atoms with Crippen LogP contribution in [0.5, 0.6) is 23.0 Å². The van der Waals surface area contributed by atoms with Crippen molar-refractivity contribution < 1.29 is 23.1 Å². The average Bonchev–Trinajstić information content (AvgIpc) is 3.04. The van der Waals surface area contributed by atoms with E-state index >= 15 is 0 Å². The quantitative estimate of drug-likeness (QED) is 0.111. The Labute approximate surface area is 285 Å². The molecule has 0 aromatic heterocycles. The summed E-state index contributed by atoms with van der Waals surface area (Å²) in [7, 11) is -4.23. The molecule has 252 valence electrons. The zero-order chi connectivity index (χ0) is 34.3. The summed E-state index contributed by atoms with van der Waals surface area (Å²) in [6.45, 7) is 23.2. The summed E-state index contributed by atoms with van der Waals surface area (Å²) in [5.74, 6) is 3.53. The fraction of sp³-hybridized carbons (Fsp3) is 0.400. The minimum Gasteiger partial charge on any atom is -0.494 e. The van der Waals surface area contributed by atoms with Gasteiger partial charge in [-0.1, -0.05) is 76.2 Å². The molecular formula is C40H54O5Si2. The van der Waals surface area contributed by atoms with Crippen LogP contribution in [0.15, 0.2) is 97.1 Å². The van der Waals surface area contributed by atoms with Crippen molar-refractivity contribution in [3.05, 3.63) is 119 Å². The number of benzene rings is 4. The van der Waals surface area contributed by atoms with Crippen LogP contribution in [0.3, 0.4) is 0 Å². The maximum Gasteiger partial charge on any atom is 0.213 e. The molecule has 0 fully saturated rings. The van der Waals surface area contributed by atoms with Crippen LogP contribution in [0.2, 0.25) is 26.2 Å². The Kier molecular flexibility index (Phi) is 11.7. The van der Waals surface area contributed by atoms with E-state index in [1.54, 1.807) is 0 Å². The van der Waals surface area contributed by atoms with E-state index < -0.39 is 16.6 Å². The molecule has 47 heavy (non-hydrogen) atoms. The average molecular weight is 671 g/mol. The fourth-order valence-electron chi connectivity index (χ4n) is 5.86. The molecule has 0 aliphatic carbocycles. The molecule has 5 nitrogen and oxygen atoms in total. The summed E-state index contributed by atoms with van der Waals surface area (Å²) in [5, 5.41) is 0. The predicted octanol–water partition coefficient (Wildman–Crippen LogP) is 10.1. The molecule has 7 heteroatoms. The highest BCUT2D eigenvalue weighted by molar-refractivity contribution is 6.84. The van der Waals surface area contributed by atoms with Gasteiger partial charge >= 0.3 is 0 Å². The second kappa shape index (κ2) is 15.1. The molecule has 0 spiro atoms. The van der Waals surface area contributed by atoms with Gasteiger partial charge < -0.3 is 23.1 Å². The van der Waals surface area contributed by atoms with Gasteiger partial charge in [-0.15, -0.1) is 0 Å². The largest absolute Gasteiger partial charge is 0.494 e. The minimum atomic E-state index is -2.12. The number of hydrogen-bond donors (Lipinski definition) is 0. The Morgan fingerprint density at radius 1 is 0.404 bits per heavy atom. The number of hydrogen-bond acceptors (Lipinski definition) is 5. The summed E-state index contributed by atoms with van der Waals surface area (Å²) in [4.78, 5) is 0. The van der Waals surface area contributed by atoms with Gasteiger partial charge in [0.05, 0.1) is 13.2 Å². The molecule has 0 atom stereocenters. The van der Waals surface area contributed by atoms with Crippen LogP contribution < -0.4 is 18.9 Å². The van der Waals surface area contributed by atoms with Gasteiger partial charge in [0.25, 0.3) is 0 Å². The van der Waals surface area contributed by atoms with Crippen molar-refractivity contribution in [2.75, 3.05) is 25.7 Å². The van der Waals surface area contributed by atoms with E-state index in [1.165, 1.54) is 22.3 Å². The summed E-state index contributed by atoms with van der Waals surface area (Å²) >= 11 is 0. The van der Waals surface area contributed by atoms with Crippen LogP contribution in [0.4, 0.5) is 0 Å². The topological polar surface area (TPSA) is 46.2 Å². The van der Waals surface area contributed by atoms with Gasteiger partial charge in [-0.3, -0.25) is 0 Å². The van der Waals surface area contributed by atoms with Gasteiger partial charge in [-0.05, 0) is 111 Å². The van der Waals surface area contributed by atoms with Crippen LogP contribution >= 0.6 is 0 Å². The van der Waals surface area contributed by atoms with Gasteiger partial charge in [-0.2, -0.15) is 0 Å². The Hall–Kier alpha value is -3.53. The Bertz CT molecular complexity index is 1420. The van der Waals surface area contributed by atoms with Crippen molar-refractivity contribution in [1.29, 1.82) is 0 Å². The lowest BCUT2D eigenvalue weighted by Gasteiger charge is -2.33. The van der Waals surface area contributed by atoms with Crippen LogP contribution in [0.1, 0.15) is 63.8 Å². The fourth-order valence-corrected chi connectivity index (χ4v) is 13.3. The van der Waals surface area contributed by atoms with Crippen molar-refractivity contribution in [2.45, 2.75) is 78.6 Å². The van der Waals surface area contributed by atoms with Crippen LogP contribution in [-0.4, -0.2) is 42.3 Å². The zero-order valence-electron chi connectivity index (χ0n) is 30.1. The van der Waals surface area contributed by atoms with Crippen LogP contribution in [0, 0.1) is 0 Å². The first-order chi connectivity index (χ1) is 22.1. The highest BCUT2D eigenvalue weighted by Gasteiger charge is 2.35. The van der Waals surface area contributed by atoms with Crippen molar-refractivity contribution in [3.8, 4) is 23.0 Å². The first kappa shape index (κ1) is 36.3. The molecule has 4 aromatic carbocycles. The Morgan fingerprint density at radius 3 is 0.872 bits per heavy atom. The lowest BCUT2D eigenvalue weighted by Crippen LogP contribution is -2.51. The first-order valence-corrected chi connectivity index (χ1v) is 23.0. The second-order valence-electron chi connectivity index (χ2n) is 14.4. The SMILES string of the molecule is CCOc1ccc(C(C)(C)c2ccc(OC[Si](C)(C)O[Si](C)(C)COc3ccc(C(C)(C)c4ccc(OCC)cc4)cc3)cc2)cc1. The third-order valence-corrected chi connectivity index (χ3v) is 14.8. The highest BCUT2D eigenvalue weighted by Crippen LogP contribution is 2.35. The van der Waals surface area contributed by atoms with E-state index in [1.807, 2.05) is 38.1 Å². The predicted molar refractivity (Wildman–Crippen MR) is 199 cm³/mol. The monoisotopic (exact) mass is 670 g/mol. The molecule has 0 aliphatic heterocycles.